The Balaban J connectivity index is 0.00000130. The van der Waals surface area contributed by atoms with Crippen molar-refractivity contribution < 1.29 is 34.0 Å². The molecule has 2 atom stereocenters. The van der Waals surface area contributed by atoms with Crippen molar-refractivity contribution in [3.8, 4) is 17.2 Å². The number of nitrogens with zero attached hydrogens (tertiary/aromatic N) is 2. The predicted molar refractivity (Wildman–Crippen MR) is 167 cm³/mol. The van der Waals surface area contributed by atoms with E-state index in [1.807, 2.05) is 44.2 Å². The SMILES string of the molecule is CC(=O)O.CCOc1cc(C(Cc2ccc(C(=N)N)cc2)c2nn(-c3ccccc3C(=O)O)c(=O)[nH]2)ccc1OC(C)COC. The van der Waals surface area contributed by atoms with Crippen LogP contribution in [-0.4, -0.2) is 69.2 Å². The van der Waals surface area contributed by atoms with Crippen LogP contribution in [0.3, 0.4) is 0 Å². The number of hydrogen-bond donors (Lipinski definition) is 5. The van der Waals surface area contributed by atoms with E-state index in [-0.39, 0.29) is 23.2 Å². The lowest BCUT2D eigenvalue weighted by molar-refractivity contribution is -0.134. The summed E-state index contributed by atoms with van der Waals surface area (Å²) in [4.78, 5) is 36.7. The van der Waals surface area contributed by atoms with E-state index in [0.29, 0.717) is 42.5 Å². The minimum Gasteiger partial charge on any atom is -0.490 e. The third kappa shape index (κ3) is 9.28. The molecule has 0 saturated carbocycles. The molecule has 1 heterocycles. The average molecular weight is 620 g/mol. The number of carbonyl (C=O) groups is 2. The first-order valence-electron chi connectivity index (χ1n) is 14.0. The zero-order valence-corrected chi connectivity index (χ0v) is 25.4. The van der Waals surface area contributed by atoms with E-state index in [0.717, 1.165) is 22.7 Å². The van der Waals surface area contributed by atoms with Gasteiger partial charge in [-0.15, -0.1) is 5.10 Å². The molecule has 4 aromatic rings. The van der Waals surface area contributed by atoms with Gasteiger partial charge in [-0.2, -0.15) is 4.68 Å². The minimum absolute atomic E-state index is 0.0343. The fraction of sp³-hybridized carbons (Fsp3) is 0.281. The Labute approximate surface area is 259 Å². The van der Waals surface area contributed by atoms with Crippen LogP contribution in [0.15, 0.2) is 71.5 Å². The molecular formula is C32H37N5O8. The van der Waals surface area contributed by atoms with Crippen LogP contribution in [0.1, 0.15) is 59.6 Å². The number of H-pyrrole nitrogens is 1. The Hall–Kier alpha value is -5.43. The van der Waals surface area contributed by atoms with Gasteiger partial charge in [0.25, 0.3) is 5.97 Å². The lowest BCUT2D eigenvalue weighted by atomic mass is 9.90. The van der Waals surface area contributed by atoms with Crippen molar-refractivity contribution in [1.82, 2.24) is 14.8 Å². The number of nitrogens with one attached hydrogen (secondary N) is 2. The highest BCUT2D eigenvalue weighted by molar-refractivity contribution is 5.94. The third-order valence-electron chi connectivity index (χ3n) is 6.43. The van der Waals surface area contributed by atoms with Gasteiger partial charge in [-0.3, -0.25) is 15.2 Å². The zero-order chi connectivity index (χ0) is 33.1. The number of aliphatic carboxylic acids is 1. The van der Waals surface area contributed by atoms with Gasteiger partial charge < -0.3 is 30.2 Å². The second-order valence-corrected chi connectivity index (χ2v) is 9.96. The van der Waals surface area contributed by atoms with Crippen LogP contribution in [0.4, 0.5) is 0 Å². The number of ether oxygens (including phenoxy) is 3. The van der Waals surface area contributed by atoms with Gasteiger partial charge in [0, 0.05) is 25.5 Å². The maximum absolute atomic E-state index is 13.1. The number of carboxylic acids is 2. The van der Waals surface area contributed by atoms with Gasteiger partial charge in [0.2, 0.25) is 0 Å². The molecule has 0 aliphatic rings. The first-order valence-corrected chi connectivity index (χ1v) is 14.0. The quantitative estimate of drug-likeness (QED) is 0.108. The smallest absolute Gasteiger partial charge is 0.348 e. The molecule has 13 nitrogen and oxygen atoms in total. The molecule has 13 heteroatoms. The van der Waals surface area contributed by atoms with Crippen molar-refractivity contribution in [2.24, 2.45) is 5.73 Å². The average Bonchev–Trinajstić information content (AvgIpc) is 3.38. The summed E-state index contributed by atoms with van der Waals surface area (Å²) in [5, 5.41) is 29.3. The number of carboxylic acid groups (broad SMARTS) is 2. The highest BCUT2D eigenvalue weighted by Crippen LogP contribution is 2.35. The van der Waals surface area contributed by atoms with Gasteiger partial charge in [-0.25, -0.2) is 9.59 Å². The number of aromatic carboxylic acids is 1. The molecule has 0 aliphatic carbocycles. The van der Waals surface area contributed by atoms with Crippen LogP contribution in [0.2, 0.25) is 0 Å². The summed E-state index contributed by atoms with van der Waals surface area (Å²) in [6.45, 7) is 5.67. The van der Waals surface area contributed by atoms with E-state index in [2.05, 4.69) is 10.1 Å². The molecule has 0 spiro atoms. The van der Waals surface area contributed by atoms with E-state index >= 15 is 0 Å². The van der Waals surface area contributed by atoms with Crippen LogP contribution < -0.4 is 20.9 Å². The lowest BCUT2D eigenvalue weighted by Crippen LogP contribution is -2.18. The molecule has 0 fully saturated rings. The molecule has 4 rings (SSSR count). The molecule has 6 N–H and O–H groups in total. The Morgan fingerprint density at radius 3 is 2.33 bits per heavy atom. The first kappa shape index (κ1) is 34.1. The van der Waals surface area contributed by atoms with Gasteiger partial charge in [-0.05, 0) is 55.7 Å². The van der Waals surface area contributed by atoms with Crippen LogP contribution in [0, 0.1) is 5.41 Å². The van der Waals surface area contributed by atoms with E-state index in [4.69, 9.17) is 35.3 Å². The lowest BCUT2D eigenvalue weighted by Gasteiger charge is -2.20. The Kier molecular flexibility index (Phi) is 12.0. The summed E-state index contributed by atoms with van der Waals surface area (Å²) in [7, 11) is 1.61. The van der Waals surface area contributed by atoms with Crippen molar-refractivity contribution in [2.75, 3.05) is 20.3 Å². The Bertz CT molecular complexity index is 1680. The number of aromatic nitrogens is 3. The largest absolute Gasteiger partial charge is 0.490 e. The summed E-state index contributed by atoms with van der Waals surface area (Å²) in [6.07, 6.45) is 0.222. The fourth-order valence-electron chi connectivity index (χ4n) is 4.52. The zero-order valence-electron chi connectivity index (χ0n) is 25.4. The van der Waals surface area contributed by atoms with Crippen molar-refractivity contribution in [1.29, 1.82) is 5.41 Å². The molecule has 1 aromatic heterocycles. The van der Waals surface area contributed by atoms with Crippen LogP contribution >= 0.6 is 0 Å². The van der Waals surface area contributed by atoms with E-state index in [1.54, 1.807) is 31.4 Å². The summed E-state index contributed by atoms with van der Waals surface area (Å²) in [6, 6.07) is 19.0. The van der Waals surface area contributed by atoms with Crippen LogP contribution in [-0.2, 0) is 16.0 Å². The van der Waals surface area contributed by atoms with Crippen LogP contribution in [0.5, 0.6) is 11.5 Å². The number of nitrogens with two attached hydrogens (primary N) is 1. The molecule has 0 bridgehead atoms. The number of hydrogen-bond acceptors (Lipinski definition) is 8. The molecule has 0 radical (unpaired) electrons. The number of amidine groups is 1. The number of benzene rings is 3. The third-order valence-corrected chi connectivity index (χ3v) is 6.43. The highest BCUT2D eigenvalue weighted by Gasteiger charge is 2.24. The molecular weight excluding hydrogens is 582 g/mol. The maximum Gasteiger partial charge on any atom is 0.348 e. The maximum atomic E-state index is 13.1. The Morgan fingerprint density at radius 1 is 1.07 bits per heavy atom. The normalized spacial score (nSPS) is 11.9. The van der Waals surface area contributed by atoms with Crippen molar-refractivity contribution in [3.63, 3.8) is 0 Å². The van der Waals surface area contributed by atoms with Gasteiger partial charge in [0.15, 0.2) is 11.5 Å². The number of nitrogen functional groups attached to an aromatic ring is 1. The fourth-order valence-corrected chi connectivity index (χ4v) is 4.52. The molecule has 0 aliphatic heterocycles. The molecule has 238 valence electrons. The summed E-state index contributed by atoms with van der Waals surface area (Å²) in [5.74, 6) is -1.06. The van der Waals surface area contributed by atoms with Crippen molar-refractivity contribution >= 4 is 17.8 Å². The molecule has 2 unspecified atom stereocenters. The van der Waals surface area contributed by atoms with E-state index < -0.39 is 23.5 Å². The second kappa shape index (κ2) is 15.9. The van der Waals surface area contributed by atoms with Crippen molar-refractivity contribution in [3.05, 3.63) is 105 Å². The number of methoxy groups -OCH3 is 1. The minimum atomic E-state index is -1.17. The summed E-state index contributed by atoms with van der Waals surface area (Å²) < 4.78 is 18.2. The predicted octanol–water partition coefficient (Wildman–Crippen LogP) is 3.82. The molecule has 3 aromatic carbocycles. The molecule has 0 saturated heterocycles. The van der Waals surface area contributed by atoms with Crippen molar-refractivity contribution in [2.45, 2.75) is 39.2 Å². The van der Waals surface area contributed by atoms with Gasteiger partial charge in [0.1, 0.15) is 17.8 Å². The molecule has 0 amide bonds. The highest BCUT2D eigenvalue weighted by atomic mass is 16.5. The number of aromatic amines is 1. The van der Waals surface area contributed by atoms with E-state index in [9.17, 15) is 14.7 Å². The van der Waals surface area contributed by atoms with Gasteiger partial charge in [0.05, 0.1) is 24.5 Å². The second-order valence-electron chi connectivity index (χ2n) is 9.96. The van der Waals surface area contributed by atoms with Gasteiger partial charge >= 0.3 is 11.7 Å². The molecule has 45 heavy (non-hydrogen) atoms. The van der Waals surface area contributed by atoms with Crippen LogP contribution in [0.25, 0.3) is 5.69 Å². The first-order chi connectivity index (χ1) is 21.4. The van der Waals surface area contributed by atoms with Gasteiger partial charge in [-0.1, -0.05) is 42.5 Å². The summed E-state index contributed by atoms with van der Waals surface area (Å²) >= 11 is 0. The monoisotopic (exact) mass is 619 g/mol. The summed E-state index contributed by atoms with van der Waals surface area (Å²) in [5.41, 5.74) is 7.47. The standard InChI is InChI=1S/C30H33N5O6.C2H4O2/c1-4-40-26-16-21(13-14-25(26)41-18(2)17-39-3)23(15-19-9-11-20(12-10-19)27(31)32)28-33-30(38)35(34-28)24-8-6-5-7-22(24)29(36)37;1-2(3)4/h5-14,16,18,23H,4,15,17H2,1-3H3,(H3,31,32)(H,36,37)(H,33,34,38);1H3,(H,3,4). The number of para-hydroxylation sites is 1. The van der Waals surface area contributed by atoms with E-state index in [1.165, 1.54) is 12.1 Å². The Morgan fingerprint density at radius 2 is 1.73 bits per heavy atom. The topological polar surface area (TPSA) is 203 Å². The number of rotatable bonds is 13.